The molecule has 0 radical (unpaired) electrons. The van der Waals surface area contributed by atoms with E-state index in [1.54, 1.807) is 31.2 Å². The van der Waals surface area contributed by atoms with Gasteiger partial charge in [-0.15, -0.1) is 0 Å². The van der Waals surface area contributed by atoms with Gasteiger partial charge in [0.25, 0.3) is 0 Å². The first-order valence-corrected chi connectivity index (χ1v) is 8.37. The second kappa shape index (κ2) is 7.51. The zero-order valence-electron chi connectivity index (χ0n) is 14.7. The molecule has 0 aliphatic heterocycles. The van der Waals surface area contributed by atoms with Crippen LogP contribution in [0.1, 0.15) is 16.7 Å². The molecule has 2 aromatic carbocycles. The summed E-state index contributed by atoms with van der Waals surface area (Å²) in [5, 5.41) is 31.5. The summed E-state index contributed by atoms with van der Waals surface area (Å²) in [4.78, 5) is 24.6. The first kappa shape index (κ1) is 18.5. The molecule has 0 fully saturated rings. The number of hydrogen-bond acceptors (Lipinski definition) is 6. The van der Waals surface area contributed by atoms with E-state index in [2.05, 4.69) is 5.32 Å². The Morgan fingerprint density at radius 3 is 2.52 bits per heavy atom. The van der Waals surface area contributed by atoms with Crippen LogP contribution >= 0.6 is 0 Å². The highest BCUT2D eigenvalue weighted by Gasteiger charge is 2.18. The summed E-state index contributed by atoms with van der Waals surface area (Å²) in [6, 6.07) is 9.41. The van der Waals surface area contributed by atoms with Gasteiger partial charge < -0.3 is 25.1 Å². The standard InChI is InChI=1S/C20H19NO6/c1-11-15(20(26)27-17-9-14(23)8-16(24)19(11)17)10-18(25)21-13-4-2-12(3-5-13)6-7-22/h2-5,8-9,22-24H,6-7,10H2,1H3,(H,21,25). The number of nitrogens with one attached hydrogen (secondary N) is 1. The number of carbonyl (C=O) groups excluding carboxylic acids is 1. The van der Waals surface area contributed by atoms with E-state index < -0.39 is 11.5 Å². The first-order valence-electron chi connectivity index (χ1n) is 8.37. The summed E-state index contributed by atoms with van der Waals surface area (Å²) < 4.78 is 5.15. The second-order valence-electron chi connectivity index (χ2n) is 6.23. The topological polar surface area (TPSA) is 120 Å². The number of amides is 1. The monoisotopic (exact) mass is 369 g/mol. The molecule has 0 bridgehead atoms. The van der Waals surface area contributed by atoms with Gasteiger partial charge in [-0.25, -0.2) is 4.79 Å². The van der Waals surface area contributed by atoms with Gasteiger partial charge >= 0.3 is 5.63 Å². The van der Waals surface area contributed by atoms with Crippen molar-refractivity contribution in [2.45, 2.75) is 19.8 Å². The number of carbonyl (C=O) groups is 1. The van der Waals surface area contributed by atoms with E-state index in [4.69, 9.17) is 9.52 Å². The Hall–Kier alpha value is -3.32. The average Bonchev–Trinajstić information content (AvgIpc) is 2.59. The third-order valence-electron chi connectivity index (χ3n) is 4.32. The molecule has 7 heteroatoms. The summed E-state index contributed by atoms with van der Waals surface area (Å²) in [6.45, 7) is 1.66. The fourth-order valence-electron chi connectivity index (χ4n) is 2.96. The minimum atomic E-state index is -0.696. The van der Waals surface area contributed by atoms with E-state index in [0.717, 1.165) is 11.6 Å². The van der Waals surface area contributed by atoms with Crippen LogP contribution in [0.5, 0.6) is 11.5 Å². The van der Waals surface area contributed by atoms with Crippen molar-refractivity contribution in [1.29, 1.82) is 0 Å². The number of hydrogen-bond donors (Lipinski definition) is 4. The normalized spacial score (nSPS) is 10.9. The quantitative estimate of drug-likeness (QED) is 0.512. The molecule has 27 heavy (non-hydrogen) atoms. The lowest BCUT2D eigenvalue weighted by Gasteiger charge is -2.10. The molecule has 1 amide bonds. The predicted molar refractivity (Wildman–Crippen MR) is 100 cm³/mol. The summed E-state index contributed by atoms with van der Waals surface area (Å²) in [5.41, 5.74) is 1.43. The molecule has 0 spiro atoms. The van der Waals surface area contributed by atoms with Crippen LogP contribution in [-0.2, 0) is 17.6 Å². The van der Waals surface area contributed by atoms with Crippen LogP contribution in [0.4, 0.5) is 5.69 Å². The number of phenolic OH excluding ortho intramolecular Hbond substituents is 2. The lowest BCUT2D eigenvalue weighted by molar-refractivity contribution is -0.115. The maximum Gasteiger partial charge on any atom is 0.340 e. The molecular weight excluding hydrogens is 350 g/mol. The highest BCUT2D eigenvalue weighted by Crippen LogP contribution is 2.32. The summed E-state index contributed by atoms with van der Waals surface area (Å²) in [7, 11) is 0. The largest absolute Gasteiger partial charge is 0.508 e. The number of rotatable bonds is 5. The zero-order valence-corrected chi connectivity index (χ0v) is 14.7. The molecule has 0 saturated heterocycles. The van der Waals surface area contributed by atoms with Crippen molar-refractivity contribution in [2.24, 2.45) is 0 Å². The Balaban J connectivity index is 1.85. The Morgan fingerprint density at radius 1 is 1.15 bits per heavy atom. The maximum absolute atomic E-state index is 12.3. The van der Waals surface area contributed by atoms with Crippen molar-refractivity contribution in [3.63, 3.8) is 0 Å². The number of aliphatic hydroxyl groups excluding tert-OH is 1. The molecule has 0 aliphatic carbocycles. The van der Waals surface area contributed by atoms with Gasteiger partial charge in [0.2, 0.25) is 5.91 Å². The van der Waals surface area contributed by atoms with E-state index >= 15 is 0 Å². The fraction of sp³-hybridized carbons (Fsp3) is 0.200. The molecule has 1 aromatic heterocycles. The smallest absolute Gasteiger partial charge is 0.340 e. The number of aliphatic hydroxyl groups is 1. The van der Waals surface area contributed by atoms with E-state index in [0.29, 0.717) is 17.7 Å². The van der Waals surface area contributed by atoms with Crippen LogP contribution in [0.2, 0.25) is 0 Å². The molecule has 1 heterocycles. The Kier molecular flexibility index (Phi) is 5.14. The van der Waals surface area contributed by atoms with Crippen LogP contribution in [0.15, 0.2) is 45.6 Å². The van der Waals surface area contributed by atoms with Crippen molar-refractivity contribution in [1.82, 2.24) is 0 Å². The Morgan fingerprint density at radius 2 is 1.85 bits per heavy atom. The van der Waals surface area contributed by atoms with Gasteiger partial charge in [-0.2, -0.15) is 0 Å². The van der Waals surface area contributed by atoms with Gasteiger partial charge in [0.1, 0.15) is 17.1 Å². The minimum absolute atomic E-state index is 0.0490. The number of anilines is 1. The number of phenols is 2. The van der Waals surface area contributed by atoms with E-state index in [-0.39, 0.29) is 41.1 Å². The number of aromatic hydroxyl groups is 2. The fourth-order valence-corrected chi connectivity index (χ4v) is 2.96. The molecule has 4 N–H and O–H groups in total. The van der Waals surface area contributed by atoms with Crippen molar-refractivity contribution in [3.8, 4) is 11.5 Å². The molecule has 0 unspecified atom stereocenters. The van der Waals surface area contributed by atoms with Gasteiger partial charge in [-0.1, -0.05) is 12.1 Å². The lowest BCUT2D eigenvalue weighted by atomic mass is 10.0. The average molecular weight is 369 g/mol. The van der Waals surface area contributed by atoms with Crippen molar-refractivity contribution >= 4 is 22.6 Å². The lowest BCUT2D eigenvalue weighted by Crippen LogP contribution is -2.20. The van der Waals surface area contributed by atoms with Gasteiger partial charge in [0.05, 0.1) is 17.4 Å². The van der Waals surface area contributed by atoms with Crippen LogP contribution < -0.4 is 10.9 Å². The third kappa shape index (κ3) is 3.93. The number of fused-ring (bicyclic) bond motifs is 1. The van der Waals surface area contributed by atoms with Gasteiger partial charge in [-0.05, 0) is 36.6 Å². The summed E-state index contributed by atoms with van der Waals surface area (Å²) >= 11 is 0. The van der Waals surface area contributed by atoms with Crippen molar-refractivity contribution in [2.75, 3.05) is 11.9 Å². The molecular formula is C20H19NO6. The Bertz CT molecular complexity index is 1050. The summed E-state index contributed by atoms with van der Waals surface area (Å²) in [5.74, 6) is -0.858. The minimum Gasteiger partial charge on any atom is -0.508 e. The highest BCUT2D eigenvalue weighted by atomic mass is 16.4. The summed E-state index contributed by atoms with van der Waals surface area (Å²) in [6.07, 6.45) is 0.313. The van der Waals surface area contributed by atoms with Crippen LogP contribution in [0.25, 0.3) is 11.0 Å². The van der Waals surface area contributed by atoms with Gasteiger partial charge in [0, 0.05) is 24.4 Å². The number of aryl methyl sites for hydroxylation is 1. The van der Waals surface area contributed by atoms with Gasteiger partial charge in [-0.3, -0.25) is 4.79 Å². The molecule has 7 nitrogen and oxygen atoms in total. The molecule has 0 atom stereocenters. The van der Waals surface area contributed by atoms with Crippen LogP contribution in [0, 0.1) is 6.92 Å². The van der Waals surface area contributed by atoms with Crippen molar-refractivity contribution < 1.29 is 24.5 Å². The van der Waals surface area contributed by atoms with E-state index in [1.165, 1.54) is 6.07 Å². The number of benzene rings is 2. The molecule has 3 aromatic rings. The zero-order chi connectivity index (χ0) is 19.6. The molecule has 3 rings (SSSR count). The highest BCUT2D eigenvalue weighted by molar-refractivity contribution is 5.94. The maximum atomic E-state index is 12.3. The molecule has 0 aliphatic rings. The van der Waals surface area contributed by atoms with Gasteiger partial charge in [0.15, 0.2) is 0 Å². The first-order chi connectivity index (χ1) is 12.9. The van der Waals surface area contributed by atoms with Crippen LogP contribution in [-0.4, -0.2) is 27.8 Å². The van der Waals surface area contributed by atoms with Crippen molar-refractivity contribution in [3.05, 3.63) is 63.5 Å². The van der Waals surface area contributed by atoms with E-state index in [1.807, 2.05) is 0 Å². The van der Waals surface area contributed by atoms with E-state index in [9.17, 15) is 19.8 Å². The SMILES string of the molecule is Cc1c(CC(=O)Nc2ccc(CCO)cc2)c(=O)oc2cc(O)cc(O)c12. The predicted octanol–water partition coefficient (Wildman–Crippen LogP) is 2.23. The molecule has 140 valence electrons. The van der Waals surface area contributed by atoms with Crippen LogP contribution in [0.3, 0.4) is 0 Å². The Labute approximate surface area is 154 Å². The second-order valence-corrected chi connectivity index (χ2v) is 6.23. The third-order valence-corrected chi connectivity index (χ3v) is 4.32. The molecule has 0 saturated carbocycles.